The Morgan fingerprint density at radius 2 is 1.87 bits per heavy atom. The maximum Gasteiger partial charge on any atom is 0.264 e. The van der Waals surface area contributed by atoms with Crippen molar-refractivity contribution in [1.29, 1.82) is 0 Å². The zero-order valence-corrected chi connectivity index (χ0v) is 18.0. The summed E-state index contributed by atoms with van der Waals surface area (Å²) in [4.78, 5) is 17.6. The van der Waals surface area contributed by atoms with Crippen LogP contribution in [0.3, 0.4) is 0 Å². The summed E-state index contributed by atoms with van der Waals surface area (Å²) in [5, 5.41) is 3.45. The van der Waals surface area contributed by atoms with Crippen molar-refractivity contribution in [1.82, 2.24) is 9.88 Å². The van der Waals surface area contributed by atoms with E-state index < -0.39 is 0 Å². The third-order valence-electron chi connectivity index (χ3n) is 4.91. The van der Waals surface area contributed by atoms with Crippen LogP contribution >= 0.6 is 11.8 Å². The molecular formula is C24H23N3O2S. The van der Waals surface area contributed by atoms with Gasteiger partial charge in [0, 0.05) is 17.6 Å². The molecule has 4 rings (SSSR count). The van der Waals surface area contributed by atoms with Crippen LogP contribution in [0.15, 0.2) is 70.7 Å². The maximum atomic E-state index is 12.4. The van der Waals surface area contributed by atoms with E-state index in [2.05, 4.69) is 40.0 Å². The number of ether oxygens (including phenoxy) is 1. The molecule has 0 unspecified atom stereocenters. The van der Waals surface area contributed by atoms with Gasteiger partial charge in [0.25, 0.3) is 5.91 Å². The summed E-state index contributed by atoms with van der Waals surface area (Å²) in [6.07, 6.45) is 4.91. The molecule has 1 aromatic heterocycles. The van der Waals surface area contributed by atoms with E-state index in [0.29, 0.717) is 10.1 Å². The number of methoxy groups -OCH3 is 1. The number of hydrogen-bond donors (Lipinski definition) is 1. The van der Waals surface area contributed by atoms with Gasteiger partial charge in [-0.05, 0) is 84.8 Å². The number of rotatable bonds is 5. The van der Waals surface area contributed by atoms with Crippen molar-refractivity contribution in [2.24, 2.45) is 4.99 Å². The van der Waals surface area contributed by atoms with Gasteiger partial charge in [0.05, 0.1) is 17.7 Å². The van der Waals surface area contributed by atoms with Gasteiger partial charge < -0.3 is 14.6 Å². The number of amidine groups is 1. The van der Waals surface area contributed by atoms with Gasteiger partial charge in [-0.2, -0.15) is 0 Å². The second-order valence-corrected chi connectivity index (χ2v) is 8.02. The first kappa shape index (κ1) is 20.0. The third-order valence-corrected chi connectivity index (χ3v) is 5.82. The smallest absolute Gasteiger partial charge is 0.264 e. The van der Waals surface area contributed by atoms with E-state index in [9.17, 15) is 4.79 Å². The molecule has 1 fully saturated rings. The largest absolute Gasteiger partial charge is 0.497 e. The average Bonchev–Trinajstić information content (AvgIpc) is 3.30. The summed E-state index contributed by atoms with van der Waals surface area (Å²) >= 11 is 1.36. The summed E-state index contributed by atoms with van der Waals surface area (Å²) in [6, 6.07) is 18.0. The number of thioether (sulfide) groups is 1. The number of aliphatic imine (C=N–C) groups is 1. The van der Waals surface area contributed by atoms with Gasteiger partial charge in [-0.3, -0.25) is 4.79 Å². The van der Waals surface area contributed by atoms with Crippen molar-refractivity contribution < 1.29 is 9.53 Å². The Bertz CT molecular complexity index is 1130. The second-order valence-electron chi connectivity index (χ2n) is 6.98. The van der Waals surface area contributed by atoms with Crippen LogP contribution in [0, 0.1) is 6.92 Å². The van der Waals surface area contributed by atoms with Crippen LogP contribution in [0.25, 0.3) is 11.8 Å². The minimum atomic E-state index is -0.126. The fourth-order valence-corrected chi connectivity index (χ4v) is 4.10. The highest BCUT2D eigenvalue weighted by Gasteiger charge is 2.24. The second kappa shape index (κ2) is 8.63. The molecule has 6 heteroatoms. The van der Waals surface area contributed by atoms with E-state index >= 15 is 0 Å². The van der Waals surface area contributed by atoms with Crippen LogP contribution in [-0.2, 0) is 11.2 Å². The van der Waals surface area contributed by atoms with Crippen LogP contribution in [0.2, 0.25) is 0 Å². The fraction of sp³-hybridized carbons (Fsp3) is 0.167. The molecule has 152 valence electrons. The van der Waals surface area contributed by atoms with Crippen molar-refractivity contribution in [3.05, 3.63) is 82.5 Å². The molecule has 1 saturated heterocycles. The Morgan fingerprint density at radius 3 is 2.53 bits per heavy atom. The first-order valence-electron chi connectivity index (χ1n) is 9.77. The summed E-state index contributed by atoms with van der Waals surface area (Å²) in [6.45, 7) is 4.16. The minimum absolute atomic E-state index is 0.126. The predicted molar refractivity (Wildman–Crippen MR) is 124 cm³/mol. The molecule has 0 spiro atoms. The number of benzene rings is 2. The Labute approximate surface area is 180 Å². The lowest BCUT2D eigenvalue weighted by Crippen LogP contribution is -2.19. The number of hydrogen-bond acceptors (Lipinski definition) is 4. The lowest BCUT2D eigenvalue weighted by molar-refractivity contribution is -0.115. The van der Waals surface area contributed by atoms with E-state index in [4.69, 9.17) is 4.74 Å². The van der Waals surface area contributed by atoms with Crippen LogP contribution < -0.4 is 10.1 Å². The first-order valence-corrected chi connectivity index (χ1v) is 10.6. The predicted octanol–water partition coefficient (Wildman–Crippen LogP) is 5.25. The van der Waals surface area contributed by atoms with E-state index in [-0.39, 0.29) is 5.91 Å². The van der Waals surface area contributed by atoms with Gasteiger partial charge in [0.15, 0.2) is 5.17 Å². The van der Waals surface area contributed by atoms with Crippen molar-refractivity contribution in [3.63, 3.8) is 0 Å². The Kier molecular flexibility index (Phi) is 5.77. The number of nitrogens with one attached hydrogen (secondary N) is 1. The van der Waals surface area contributed by atoms with Gasteiger partial charge in [-0.25, -0.2) is 4.99 Å². The van der Waals surface area contributed by atoms with Crippen molar-refractivity contribution in [2.45, 2.75) is 20.3 Å². The number of carbonyl (C=O) groups excluding carboxylic acids is 1. The third kappa shape index (κ3) is 4.33. The fourth-order valence-electron chi connectivity index (χ4n) is 3.25. The molecule has 0 atom stereocenters. The molecule has 1 N–H and O–H groups in total. The molecule has 1 aliphatic rings. The van der Waals surface area contributed by atoms with Gasteiger partial charge >= 0.3 is 0 Å². The molecule has 0 bridgehead atoms. The molecule has 0 saturated carbocycles. The average molecular weight is 418 g/mol. The molecule has 2 heterocycles. The summed E-state index contributed by atoms with van der Waals surface area (Å²) in [5.41, 5.74) is 5.19. The van der Waals surface area contributed by atoms with Crippen LogP contribution in [0.4, 0.5) is 5.69 Å². The highest BCUT2D eigenvalue weighted by molar-refractivity contribution is 8.18. The van der Waals surface area contributed by atoms with E-state index in [0.717, 1.165) is 34.8 Å². The molecule has 0 radical (unpaired) electrons. The highest BCUT2D eigenvalue weighted by atomic mass is 32.2. The number of aromatic nitrogens is 1. The molecule has 3 aromatic rings. The lowest BCUT2D eigenvalue weighted by atomic mass is 10.2. The van der Waals surface area contributed by atoms with Gasteiger partial charge in [0.1, 0.15) is 5.75 Å². The quantitative estimate of drug-likeness (QED) is 0.577. The van der Waals surface area contributed by atoms with E-state index in [1.54, 1.807) is 7.11 Å². The Balaban J connectivity index is 1.54. The molecule has 30 heavy (non-hydrogen) atoms. The minimum Gasteiger partial charge on any atom is -0.497 e. The monoisotopic (exact) mass is 417 g/mol. The Hall–Kier alpha value is -3.25. The summed E-state index contributed by atoms with van der Waals surface area (Å²) in [7, 11) is 1.66. The van der Waals surface area contributed by atoms with E-state index in [1.807, 2.05) is 55.6 Å². The zero-order chi connectivity index (χ0) is 21.1. The number of carbonyl (C=O) groups is 1. The van der Waals surface area contributed by atoms with Gasteiger partial charge in [0.2, 0.25) is 0 Å². The van der Waals surface area contributed by atoms with Crippen LogP contribution in [0.5, 0.6) is 5.75 Å². The van der Waals surface area contributed by atoms with Crippen LogP contribution in [-0.4, -0.2) is 22.8 Å². The molecule has 5 nitrogen and oxygen atoms in total. The van der Waals surface area contributed by atoms with Crippen molar-refractivity contribution in [3.8, 4) is 11.4 Å². The summed E-state index contributed by atoms with van der Waals surface area (Å²) < 4.78 is 7.32. The molecule has 2 aromatic carbocycles. The highest BCUT2D eigenvalue weighted by Crippen LogP contribution is 2.29. The number of nitrogens with zero attached hydrogens (tertiary/aromatic N) is 2. The zero-order valence-electron chi connectivity index (χ0n) is 17.2. The molecule has 1 aliphatic heterocycles. The van der Waals surface area contributed by atoms with Crippen molar-refractivity contribution >= 4 is 34.6 Å². The molecule has 1 amide bonds. The van der Waals surface area contributed by atoms with Crippen LogP contribution in [0.1, 0.15) is 23.7 Å². The van der Waals surface area contributed by atoms with Gasteiger partial charge in [-0.1, -0.05) is 19.1 Å². The normalized spacial score (nSPS) is 16.3. The molecular weight excluding hydrogens is 394 g/mol. The topological polar surface area (TPSA) is 55.6 Å². The SMILES string of the molecule is CCc1ccc(N=C2NC(=O)/C(=C\c3cc(C)n(-c4ccc(OC)cc4)c3)S2)cc1. The summed E-state index contributed by atoms with van der Waals surface area (Å²) in [5.74, 6) is 0.694. The number of amides is 1. The van der Waals surface area contributed by atoms with E-state index in [1.165, 1.54) is 17.3 Å². The Morgan fingerprint density at radius 1 is 1.13 bits per heavy atom. The molecule has 0 aliphatic carbocycles. The van der Waals surface area contributed by atoms with Crippen molar-refractivity contribution in [2.75, 3.05) is 7.11 Å². The maximum absolute atomic E-state index is 12.4. The first-order chi connectivity index (χ1) is 14.6. The van der Waals surface area contributed by atoms with Gasteiger partial charge in [-0.15, -0.1) is 0 Å². The lowest BCUT2D eigenvalue weighted by Gasteiger charge is -2.06. The number of aryl methyl sites for hydroxylation is 2. The standard InChI is InChI=1S/C24H23N3O2S/c1-4-17-5-7-19(8-6-17)25-24-26-23(28)22(30-24)14-18-13-16(2)27(15-18)20-9-11-21(29-3)12-10-20/h5-15H,4H2,1-3H3,(H,25,26,28)/b22-14+.